The van der Waals surface area contributed by atoms with E-state index in [1.165, 1.54) is 4.90 Å². The Labute approximate surface area is 209 Å². The highest BCUT2D eigenvalue weighted by molar-refractivity contribution is 7.92. The SMILES string of the molecule is CCCNC(=O)C(CC)N(Cc1cccc(OC)c1)C(=O)CN(c1c(C)cccc1C)S(C)(=O)=O. The number of methoxy groups -OCH3 is 1. The number of hydrogen-bond donors (Lipinski definition) is 1. The van der Waals surface area contributed by atoms with Gasteiger partial charge in [-0.1, -0.05) is 44.2 Å². The number of para-hydroxylation sites is 1. The maximum absolute atomic E-state index is 13.7. The highest BCUT2D eigenvalue weighted by atomic mass is 32.2. The van der Waals surface area contributed by atoms with E-state index in [4.69, 9.17) is 4.74 Å². The van der Waals surface area contributed by atoms with E-state index in [1.807, 2.05) is 58.0 Å². The normalized spacial score (nSPS) is 12.1. The zero-order valence-corrected chi connectivity index (χ0v) is 22.3. The first kappa shape index (κ1) is 28.2. The molecule has 192 valence electrons. The number of benzene rings is 2. The molecule has 2 aromatic carbocycles. The first-order chi connectivity index (χ1) is 16.5. The molecular weight excluding hydrogens is 466 g/mol. The van der Waals surface area contributed by atoms with E-state index in [1.54, 1.807) is 19.2 Å². The topological polar surface area (TPSA) is 96.0 Å². The maximum Gasteiger partial charge on any atom is 0.244 e. The Hall–Kier alpha value is -3.07. The molecule has 0 aliphatic carbocycles. The Morgan fingerprint density at radius 2 is 1.69 bits per heavy atom. The molecule has 2 rings (SSSR count). The monoisotopic (exact) mass is 503 g/mol. The number of hydrogen-bond acceptors (Lipinski definition) is 5. The second-order valence-corrected chi connectivity index (χ2v) is 10.5. The van der Waals surface area contributed by atoms with Crippen molar-refractivity contribution in [3.63, 3.8) is 0 Å². The van der Waals surface area contributed by atoms with Crippen molar-refractivity contribution in [3.05, 3.63) is 59.2 Å². The molecule has 0 aliphatic rings. The number of rotatable bonds is 12. The fourth-order valence-electron chi connectivity index (χ4n) is 4.03. The van der Waals surface area contributed by atoms with Crippen molar-refractivity contribution in [2.75, 3.05) is 30.8 Å². The lowest BCUT2D eigenvalue weighted by atomic mass is 10.1. The average Bonchev–Trinajstić information content (AvgIpc) is 2.81. The van der Waals surface area contributed by atoms with Crippen molar-refractivity contribution < 1.29 is 22.7 Å². The standard InChI is InChI=1S/C26H37N3O5S/c1-7-15-27-26(31)23(8-2)28(17-21-13-10-14-22(16-21)34-5)24(30)18-29(35(6,32)33)25-19(3)11-9-12-20(25)4/h9-14,16,23H,7-8,15,17-18H2,1-6H3,(H,27,31). The number of carbonyl (C=O) groups is 2. The van der Waals surface area contributed by atoms with E-state index in [-0.39, 0.29) is 12.5 Å². The second kappa shape index (κ2) is 12.6. The van der Waals surface area contributed by atoms with E-state index in [0.29, 0.717) is 24.4 Å². The van der Waals surface area contributed by atoms with Crippen molar-refractivity contribution in [3.8, 4) is 5.75 Å². The van der Waals surface area contributed by atoms with Crippen LogP contribution in [0.5, 0.6) is 5.75 Å². The first-order valence-corrected chi connectivity index (χ1v) is 13.6. The predicted molar refractivity (Wildman–Crippen MR) is 139 cm³/mol. The molecule has 0 radical (unpaired) electrons. The number of amides is 2. The third-order valence-corrected chi connectivity index (χ3v) is 6.90. The quantitative estimate of drug-likeness (QED) is 0.479. The fourth-order valence-corrected chi connectivity index (χ4v) is 4.99. The van der Waals surface area contributed by atoms with Crippen LogP contribution >= 0.6 is 0 Å². The largest absolute Gasteiger partial charge is 0.497 e. The van der Waals surface area contributed by atoms with Gasteiger partial charge in [-0.05, 0) is 55.5 Å². The predicted octanol–water partition coefficient (Wildman–Crippen LogP) is 3.41. The van der Waals surface area contributed by atoms with Gasteiger partial charge in [0.05, 0.1) is 19.1 Å². The number of aryl methyl sites for hydroxylation is 2. The molecule has 0 bridgehead atoms. The zero-order valence-electron chi connectivity index (χ0n) is 21.5. The van der Waals surface area contributed by atoms with Crippen LogP contribution in [-0.4, -0.2) is 57.6 Å². The van der Waals surface area contributed by atoms with Gasteiger partial charge in [-0.3, -0.25) is 13.9 Å². The fraction of sp³-hybridized carbons (Fsp3) is 0.462. The highest BCUT2D eigenvalue weighted by Gasteiger charge is 2.32. The van der Waals surface area contributed by atoms with Crippen molar-refractivity contribution in [2.24, 2.45) is 0 Å². The molecule has 8 nitrogen and oxygen atoms in total. The van der Waals surface area contributed by atoms with Gasteiger partial charge in [0, 0.05) is 13.1 Å². The molecule has 0 saturated heterocycles. The molecule has 1 N–H and O–H groups in total. The average molecular weight is 504 g/mol. The molecule has 1 unspecified atom stereocenters. The van der Waals surface area contributed by atoms with Gasteiger partial charge in [-0.25, -0.2) is 8.42 Å². The Bertz CT molecular complexity index is 1110. The first-order valence-electron chi connectivity index (χ1n) is 11.8. The van der Waals surface area contributed by atoms with E-state index < -0.39 is 28.5 Å². The molecule has 2 aromatic rings. The Kier molecular flexibility index (Phi) is 10.1. The molecule has 0 saturated carbocycles. The van der Waals surface area contributed by atoms with E-state index in [2.05, 4.69) is 5.32 Å². The van der Waals surface area contributed by atoms with E-state index in [9.17, 15) is 18.0 Å². The number of anilines is 1. The Morgan fingerprint density at radius 3 is 2.23 bits per heavy atom. The van der Waals surface area contributed by atoms with Crippen molar-refractivity contribution in [2.45, 2.75) is 53.1 Å². The van der Waals surface area contributed by atoms with Crippen LogP contribution in [0.25, 0.3) is 0 Å². The smallest absolute Gasteiger partial charge is 0.244 e. The number of sulfonamides is 1. The summed E-state index contributed by atoms with van der Waals surface area (Å²) in [5.74, 6) is -0.0883. The number of ether oxygens (including phenoxy) is 1. The van der Waals surface area contributed by atoms with Crippen LogP contribution in [0.1, 0.15) is 43.4 Å². The summed E-state index contributed by atoms with van der Waals surface area (Å²) in [5.41, 5.74) is 2.75. The molecule has 1 atom stereocenters. The van der Waals surface area contributed by atoms with Crippen LogP contribution in [-0.2, 0) is 26.2 Å². The van der Waals surface area contributed by atoms with Crippen molar-refractivity contribution in [1.82, 2.24) is 10.2 Å². The summed E-state index contributed by atoms with van der Waals surface area (Å²) in [6.07, 6.45) is 2.23. The van der Waals surface area contributed by atoms with Gasteiger partial charge in [0.2, 0.25) is 21.8 Å². The van der Waals surface area contributed by atoms with Crippen LogP contribution in [0.4, 0.5) is 5.69 Å². The number of nitrogens with one attached hydrogen (secondary N) is 1. The molecular formula is C26H37N3O5S. The summed E-state index contributed by atoms with van der Waals surface area (Å²) in [4.78, 5) is 28.2. The minimum Gasteiger partial charge on any atom is -0.497 e. The summed E-state index contributed by atoms with van der Waals surface area (Å²) < 4.78 is 32.1. The molecule has 0 aromatic heterocycles. The summed E-state index contributed by atoms with van der Waals surface area (Å²) in [6, 6.07) is 12.0. The van der Waals surface area contributed by atoms with Crippen LogP contribution < -0.4 is 14.4 Å². The third kappa shape index (κ3) is 7.45. The molecule has 2 amide bonds. The van der Waals surface area contributed by atoms with Gasteiger partial charge in [0.25, 0.3) is 0 Å². The number of nitrogens with zero attached hydrogens (tertiary/aromatic N) is 2. The van der Waals surface area contributed by atoms with Crippen LogP contribution in [0, 0.1) is 13.8 Å². The maximum atomic E-state index is 13.7. The van der Waals surface area contributed by atoms with Gasteiger partial charge in [-0.15, -0.1) is 0 Å². The molecule has 9 heteroatoms. The van der Waals surface area contributed by atoms with Gasteiger partial charge in [0.15, 0.2) is 0 Å². The molecule has 0 spiro atoms. The lowest BCUT2D eigenvalue weighted by molar-refractivity contribution is -0.140. The summed E-state index contributed by atoms with van der Waals surface area (Å²) in [6.45, 7) is 7.63. The van der Waals surface area contributed by atoms with E-state index >= 15 is 0 Å². The minimum atomic E-state index is -3.78. The van der Waals surface area contributed by atoms with Crippen LogP contribution in [0.15, 0.2) is 42.5 Å². The molecule has 35 heavy (non-hydrogen) atoms. The number of carbonyl (C=O) groups excluding carboxylic acids is 2. The van der Waals surface area contributed by atoms with Gasteiger partial charge in [-0.2, -0.15) is 0 Å². The van der Waals surface area contributed by atoms with E-state index in [0.717, 1.165) is 33.7 Å². The highest BCUT2D eigenvalue weighted by Crippen LogP contribution is 2.27. The lowest BCUT2D eigenvalue weighted by Crippen LogP contribution is -2.52. The molecule has 0 aliphatic heterocycles. The summed E-state index contributed by atoms with van der Waals surface area (Å²) in [7, 11) is -2.22. The Morgan fingerprint density at radius 1 is 1.06 bits per heavy atom. The second-order valence-electron chi connectivity index (χ2n) is 8.60. The van der Waals surface area contributed by atoms with Crippen molar-refractivity contribution in [1.29, 1.82) is 0 Å². The minimum absolute atomic E-state index is 0.137. The molecule has 0 heterocycles. The lowest BCUT2D eigenvalue weighted by Gasteiger charge is -2.33. The van der Waals surface area contributed by atoms with Crippen molar-refractivity contribution >= 4 is 27.5 Å². The third-order valence-electron chi connectivity index (χ3n) is 5.79. The zero-order chi connectivity index (χ0) is 26.2. The van der Waals surface area contributed by atoms with Gasteiger partial charge < -0.3 is 15.0 Å². The summed E-state index contributed by atoms with van der Waals surface area (Å²) >= 11 is 0. The molecule has 0 fully saturated rings. The summed E-state index contributed by atoms with van der Waals surface area (Å²) in [5, 5.41) is 2.87. The van der Waals surface area contributed by atoms with Gasteiger partial charge in [0.1, 0.15) is 18.3 Å². The Balaban J connectivity index is 2.49. The van der Waals surface area contributed by atoms with Crippen LogP contribution in [0.3, 0.4) is 0 Å². The van der Waals surface area contributed by atoms with Crippen LogP contribution in [0.2, 0.25) is 0 Å². The van der Waals surface area contributed by atoms with Gasteiger partial charge >= 0.3 is 0 Å².